The molecular formula is C10H9BrCl2O2. The Labute approximate surface area is 107 Å². The lowest BCUT2D eigenvalue weighted by Crippen LogP contribution is -2.01. The summed E-state index contributed by atoms with van der Waals surface area (Å²) in [5.41, 5.74) is 1.94. The lowest BCUT2D eigenvalue weighted by molar-refractivity contribution is 0.269. The molecule has 0 unspecified atom stereocenters. The van der Waals surface area contributed by atoms with Gasteiger partial charge in [0.15, 0.2) is 0 Å². The van der Waals surface area contributed by atoms with Crippen LogP contribution in [-0.2, 0) is 6.61 Å². The molecule has 1 rings (SSSR count). The average molecular weight is 312 g/mol. The van der Waals surface area contributed by atoms with E-state index < -0.39 is 0 Å². The van der Waals surface area contributed by atoms with Gasteiger partial charge in [-0.2, -0.15) is 0 Å². The van der Waals surface area contributed by atoms with E-state index in [0.29, 0.717) is 16.3 Å². The first-order valence-electron chi connectivity index (χ1n) is 4.15. The lowest BCUT2D eigenvalue weighted by atomic mass is 10.2. The molecule has 0 heterocycles. The second kappa shape index (κ2) is 6.38. The Hall–Kier alpha value is -0.220. The second-order valence-corrected chi connectivity index (χ2v) is 4.29. The molecule has 0 aliphatic heterocycles. The molecule has 5 heteroatoms. The number of ether oxygens (including phenoxy) is 1. The number of hydrogen-bond acceptors (Lipinski definition) is 2. The summed E-state index contributed by atoms with van der Waals surface area (Å²) in [6.45, 7) is 0.0949. The van der Waals surface area contributed by atoms with E-state index in [1.54, 1.807) is 6.07 Å². The Morgan fingerprint density at radius 3 is 2.87 bits per heavy atom. The predicted octanol–water partition coefficient (Wildman–Crippen LogP) is 3.64. The minimum atomic E-state index is -0.0863. The molecule has 2 nitrogen and oxygen atoms in total. The summed E-state index contributed by atoms with van der Waals surface area (Å²) in [4.78, 5) is 0. The smallest absolute Gasteiger partial charge is 0.139 e. The minimum absolute atomic E-state index is 0.0863. The minimum Gasteiger partial charge on any atom is -0.486 e. The topological polar surface area (TPSA) is 29.5 Å². The molecule has 0 amide bonds. The highest BCUT2D eigenvalue weighted by Crippen LogP contribution is 2.29. The highest BCUT2D eigenvalue weighted by atomic mass is 79.9. The molecule has 0 saturated carbocycles. The number of benzene rings is 1. The summed E-state index contributed by atoms with van der Waals surface area (Å²) in [7, 11) is 0. The molecule has 0 bridgehead atoms. The molecule has 0 fully saturated rings. The fourth-order valence-corrected chi connectivity index (χ4v) is 1.65. The first-order valence-corrected chi connectivity index (χ1v) is 5.75. The molecule has 0 aliphatic rings. The van der Waals surface area contributed by atoms with E-state index in [2.05, 4.69) is 15.9 Å². The van der Waals surface area contributed by atoms with Gasteiger partial charge in [-0.05, 0) is 22.0 Å². The van der Waals surface area contributed by atoms with E-state index >= 15 is 0 Å². The van der Waals surface area contributed by atoms with Gasteiger partial charge < -0.3 is 9.84 Å². The standard InChI is InChI=1S/C10H9BrCl2O2/c11-9-3-1-2-7(5-14)10(9)15-6-8(13)4-12/h1-4,14H,5-6H2. The van der Waals surface area contributed by atoms with Gasteiger partial charge in [0, 0.05) is 11.1 Å². The van der Waals surface area contributed by atoms with E-state index in [4.69, 9.17) is 33.0 Å². The van der Waals surface area contributed by atoms with Gasteiger partial charge in [-0.15, -0.1) is 0 Å². The van der Waals surface area contributed by atoms with Crippen molar-refractivity contribution < 1.29 is 9.84 Å². The van der Waals surface area contributed by atoms with Crippen molar-refractivity contribution in [3.63, 3.8) is 0 Å². The van der Waals surface area contributed by atoms with Crippen LogP contribution < -0.4 is 4.74 Å². The quantitative estimate of drug-likeness (QED) is 0.920. The lowest BCUT2D eigenvalue weighted by Gasteiger charge is -2.11. The summed E-state index contributed by atoms with van der Waals surface area (Å²) in [6, 6.07) is 5.42. The maximum Gasteiger partial charge on any atom is 0.139 e. The third kappa shape index (κ3) is 3.68. The molecule has 0 spiro atoms. The Balaban J connectivity index is 2.83. The predicted molar refractivity (Wildman–Crippen MR) is 65.3 cm³/mol. The number of halogens is 3. The Kier molecular flexibility index (Phi) is 5.47. The Bertz CT molecular complexity index is 366. The van der Waals surface area contributed by atoms with Crippen LogP contribution in [0.5, 0.6) is 5.75 Å². The van der Waals surface area contributed by atoms with Crippen LogP contribution in [0.1, 0.15) is 5.56 Å². The molecule has 82 valence electrons. The molecule has 1 N–H and O–H groups in total. The monoisotopic (exact) mass is 310 g/mol. The number of hydrogen-bond donors (Lipinski definition) is 1. The van der Waals surface area contributed by atoms with E-state index in [1.165, 1.54) is 5.54 Å². The van der Waals surface area contributed by atoms with Gasteiger partial charge in [-0.1, -0.05) is 35.3 Å². The van der Waals surface area contributed by atoms with Crippen LogP contribution in [0.3, 0.4) is 0 Å². The zero-order chi connectivity index (χ0) is 11.3. The van der Waals surface area contributed by atoms with E-state index in [-0.39, 0.29) is 13.2 Å². The van der Waals surface area contributed by atoms with Crippen molar-refractivity contribution in [2.24, 2.45) is 0 Å². The van der Waals surface area contributed by atoms with E-state index in [9.17, 15) is 0 Å². The molecule has 0 radical (unpaired) electrons. The summed E-state index contributed by atoms with van der Waals surface area (Å²) < 4.78 is 6.19. The first-order chi connectivity index (χ1) is 7.19. The average Bonchev–Trinajstić information content (AvgIpc) is 2.26. The molecule has 1 aromatic carbocycles. The van der Waals surface area contributed by atoms with Crippen LogP contribution >= 0.6 is 39.1 Å². The van der Waals surface area contributed by atoms with Crippen molar-refractivity contribution >= 4 is 39.1 Å². The van der Waals surface area contributed by atoms with Gasteiger partial charge >= 0.3 is 0 Å². The van der Waals surface area contributed by atoms with Crippen molar-refractivity contribution in [3.8, 4) is 5.75 Å². The maximum absolute atomic E-state index is 9.09. The summed E-state index contributed by atoms with van der Waals surface area (Å²) in [6.07, 6.45) is 0. The van der Waals surface area contributed by atoms with Gasteiger partial charge in [-0.3, -0.25) is 0 Å². The molecule has 0 atom stereocenters. The van der Waals surface area contributed by atoms with Crippen molar-refractivity contribution in [2.45, 2.75) is 6.61 Å². The third-order valence-corrected chi connectivity index (χ3v) is 2.91. The highest BCUT2D eigenvalue weighted by molar-refractivity contribution is 9.10. The Morgan fingerprint density at radius 2 is 2.27 bits per heavy atom. The molecule has 0 aliphatic carbocycles. The van der Waals surface area contributed by atoms with Gasteiger partial charge in [-0.25, -0.2) is 0 Å². The van der Waals surface area contributed by atoms with Gasteiger partial charge in [0.05, 0.1) is 16.1 Å². The highest BCUT2D eigenvalue weighted by Gasteiger charge is 2.07. The fourth-order valence-electron chi connectivity index (χ4n) is 1.01. The van der Waals surface area contributed by atoms with Crippen molar-refractivity contribution in [3.05, 3.63) is 38.8 Å². The molecule has 15 heavy (non-hydrogen) atoms. The van der Waals surface area contributed by atoms with E-state index in [0.717, 1.165) is 4.47 Å². The molecule has 0 aromatic heterocycles. The van der Waals surface area contributed by atoms with Crippen LogP contribution in [0.4, 0.5) is 0 Å². The zero-order valence-electron chi connectivity index (χ0n) is 7.71. The molecular weight excluding hydrogens is 303 g/mol. The van der Waals surface area contributed by atoms with Crippen LogP contribution in [0.2, 0.25) is 0 Å². The van der Waals surface area contributed by atoms with Crippen molar-refractivity contribution in [2.75, 3.05) is 6.61 Å². The van der Waals surface area contributed by atoms with E-state index in [1.807, 2.05) is 12.1 Å². The molecule has 1 aromatic rings. The number of para-hydroxylation sites is 1. The zero-order valence-corrected chi connectivity index (χ0v) is 10.8. The third-order valence-electron chi connectivity index (χ3n) is 1.69. The Morgan fingerprint density at radius 1 is 1.53 bits per heavy atom. The fraction of sp³-hybridized carbons (Fsp3) is 0.200. The summed E-state index contributed by atoms with van der Waals surface area (Å²) in [5, 5.41) is 9.49. The molecule has 0 saturated heterocycles. The van der Waals surface area contributed by atoms with Crippen LogP contribution in [0.15, 0.2) is 33.2 Å². The van der Waals surface area contributed by atoms with Gasteiger partial charge in [0.2, 0.25) is 0 Å². The summed E-state index contributed by atoms with van der Waals surface area (Å²) >= 11 is 14.4. The SMILES string of the molecule is OCc1cccc(Br)c1OCC(Cl)=CCl. The normalized spacial score (nSPS) is 11.6. The van der Waals surface area contributed by atoms with Gasteiger partial charge in [0.25, 0.3) is 0 Å². The number of aliphatic hydroxyl groups is 1. The number of rotatable bonds is 4. The van der Waals surface area contributed by atoms with Crippen molar-refractivity contribution in [1.29, 1.82) is 0 Å². The van der Waals surface area contributed by atoms with Gasteiger partial charge in [0.1, 0.15) is 12.4 Å². The summed E-state index contributed by atoms with van der Waals surface area (Å²) in [5.74, 6) is 0.580. The second-order valence-electron chi connectivity index (χ2n) is 2.73. The van der Waals surface area contributed by atoms with Crippen LogP contribution in [-0.4, -0.2) is 11.7 Å². The first kappa shape index (κ1) is 12.8. The largest absolute Gasteiger partial charge is 0.486 e. The van der Waals surface area contributed by atoms with Crippen LogP contribution in [0, 0.1) is 0 Å². The van der Waals surface area contributed by atoms with Crippen LogP contribution in [0.25, 0.3) is 0 Å². The van der Waals surface area contributed by atoms with Crippen molar-refractivity contribution in [1.82, 2.24) is 0 Å². The number of aliphatic hydroxyl groups excluding tert-OH is 1. The maximum atomic E-state index is 9.09.